The number of ketones is 2. The Hall–Kier alpha value is -3.99. The van der Waals surface area contributed by atoms with Crippen LogP contribution in [-0.4, -0.2) is 24.5 Å². The van der Waals surface area contributed by atoms with Gasteiger partial charge in [-0.3, -0.25) is 15.0 Å². The fourth-order valence-corrected chi connectivity index (χ4v) is 5.68. The van der Waals surface area contributed by atoms with Gasteiger partial charge in [-0.25, -0.2) is 0 Å². The number of carbonyl (C=O) groups is 2. The fourth-order valence-electron chi connectivity index (χ4n) is 5.68. The maximum atomic E-state index is 14.2. The van der Waals surface area contributed by atoms with Crippen LogP contribution in [0.25, 0.3) is 0 Å². The van der Waals surface area contributed by atoms with Gasteiger partial charge in [-0.2, -0.15) is 0 Å². The molecule has 0 amide bonds. The number of benzene rings is 3. The number of hydrogen-bond donors (Lipinski definition) is 1. The highest BCUT2D eigenvalue weighted by Crippen LogP contribution is 2.51. The van der Waals surface area contributed by atoms with Crippen molar-refractivity contribution in [2.75, 3.05) is 12.0 Å². The van der Waals surface area contributed by atoms with Gasteiger partial charge in [-0.1, -0.05) is 74.0 Å². The zero-order chi connectivity index (χ0) is 26.3. The summed E-state index contributed by atoms with van der Waals surface area (Å²) in [6, 6.07) is 24.7. The molecule has 1 aliphatic heterocycles. The summed E-state index contributed by atoms with van der Waals surface area (Å²) in [7, 11) is 1.61. The van der Waals surface area contributed by atoms with Crippen LogP contribution in [0.3, 0.4) is 0 Å². The number of nitrogens with one attached hydrogen (secondary N) is 1. The van der Waals surface area contributed by atoms with Crippen LogP contribution in [-0.2, 0) is 4.79 Å². The van der Waals surface area contributed by atoms with E-state index in [9.17, 15) is 15.0 Å². The summed E-state index contributed by atoms with van der Waals surface area (Å²) >= 11 is 0. The molecule has 0 radical (unpaired) electrons. The van der Waals surface area contributed by atoms with Crippen LogP contribution in [0.4, 0.5) is 5.69 Å². The van der Waals surface area contributed by atoms with Crippen molar-refractivity contribution < 1.29 is 14.3 Å². The molecule has 1 heterocycles. The molecule has 37 heavy (non-hydrogen) atoms. The van der Waals surface area contributed by atoms with Gasteiger partial charge in [0.15, 0.2) is 11.6 Å². The Morgan fingerprint density at radius 2 is 1.59 bits per heavy atom. The molecule has 0 saturated carbocycles. The van der Waals surface area contributed by atoms with E-state index in [2.05, 4.69) is 13.8 Å². The predicted molar refractivity (Wildman–Crippen MR) is 146 cm³/mol. The molecule has 2 unspecified atom stereocenters. The molecule has 1 N–H and O–H groups in total. The van der Waals surface area contributed by atoms with Gasteiger partial charge >= 0.3 is 0 Å². The van der Waals surface area contributed by atoms with Gasteiger partial charge in [0, 0.05) is 34.9 Å². The Bertz CT molecular complexity index is 1390. The quantitative estimate of drug-likeness (QED) is 0.401. The lowest BCUT2D eigenvalue weighted by molar-refractivity contribution is -0.118. The summed E-state index contributed by atoms with van der Waals surface area (Å²) in [5.74, 6) is -0.613. The Kier molecular flexibility index (Phi) is 6.32. The van der Waals surface area contributed by atoms with Gasteiger partial charge in [0.1, 0.15) is 11.6 Å². The number of carbonyl (C=O) groups excluding carboxylic acids is 2. The summed E-state index contributed by atoms with van der Waals surface area (Å²) in [6.45, 7) is 6.16. The van der Waals surface area contributed by atoms with E-state index >= 15 is 0 Å². The minimum Gasteiger partial charge on any atom is -0.497 e. The van der Waals surface area contributed by atoms with Crippen molar-refractivity contribution in [2.24, 2.45) is 11.3 Å². The number of Topliss-reactive ketones (excluding diaryl/α,β-unsaturated/α-hetero) is 2. The first-order valence-electron chi connectivity index (χ1n) is 12.6. The number of aryl methyl sites for hydroxylation is 1. The van der Waals surface area contributed by atoms with Crippen LogP contribution in [0, 0.1) is 23.7 Å². The second-order valence-corrected chi connectivity index (χ2v) is 10.8. The van der Waals surface area contributed by atoms with Crippen molar-refractivity contribution in [3.05, 3.63) is 107 Å². The van der Waals surface area contributed by atoms with Gasteiger partial charge in [-0.05, 0) is 48.6 Å². The molecule has 0 fully saturated rings. The highest BCUT2D eigenvalue weighted by molar-refractivity contribution is 6.20. The molecular weight excluding hydrogens is 460 g/mol. The van der Waals surface area contributed by atoms with Crippen LogP contribution in [0.2, 0.25) is 0 Å². The molecule has 5 nitrogen and oxygen atoms in total. The van der Waals surface area contributed by atoms with Crippen LogP contribution in [0.5, 0.6) is 5.75 Å². The number of rotatable bonds is 5. The van der Waals surface area contributed by atoms with E-state index in [1.807, 2.05) is 90.7 Å². The minimum absolute atomic E-state index is 0.0437. The van der Waals surface area contributed by atoms with Crippen LogP contribution < -0.4 is 9.64 Å². The molecule has 188 valence electrons. The third kappa shape index (κ3) is 4.50. The van der Waals surface area contributed by atoms with Crippen LogP contribution in [0.1, 0.15) is 54.1 Å². The predicted octanol–water partition coefficient (Wildman–Crippen LogP) is 6.73. The molecule has 0 bridgehead atoms. The van der Waals surface area contributed by atoms with Gasteiger partial charge in [-0.15, -0.1) is 0 Å². The van der Waals surface area contributed by atoms with Crippen molar-refractivity contribution in [3.8, 4) is 5.75 Å². The highest BCUT2D eigenvalue weighted by atomic mass is 16.5. The summed E-state index contributed by atoms with van der Waals surface area (Å²) < 4.78 is 5.37. The van der Waals surface area contributed by atoms with E-state index in [0.29, 0.717) is 29.7 Å². The zero-order valence-electron chi connectivity index (χ0n) is 21.7. The smallest absolute Gasteiger partial charge is 0.174 e. The summed E-state index contributed by atoms with van der Waals surface area (Å²) in [4.78, 5) is 29.9. The number of para-hydroxylation sites is 1. The SMILES string of the molecule is COc1ccc(C2C3=C(CC(C)(C)CC3=O)N(c3ccccc3)C(=N)C2C(=O)c2ccc(C)cc2)cc1. The van der Waals surface area contributed by atoms with Crippen molar-refractivity contribution >= 4 is 23.1 Å². The summed E-state index contributed by atoms with van der Waals surface area (Å²) in [6.07, 6.45) is 1.04. The molecular formula is C32H32N2O3. The first-order valence-corrected chi connectivity index (χ1v) is 12.6. The second-order valence-electron chi connectivity index (χ2n) is 10.8. The van der Waals surface area contributed by atoms with Crippen molar-refractivity contribution in [1.29, 1.82) is 5.41 Å². The Labute approximate surface area is 218 Å². The molecule has 2 aliphatic rings. The van der Waals surface area contributed by atoms with Crippen molar-refractivity contribution in [2.45, 2.75) is 39.5 Å². The van der Waals surface area contributed by atoms with Crippen molar-refractivity contribution in [3.63, 3.8) is 0 Å². The van der Waals surface area contributed by atoms with E-state index in [4.69, 9.17) is 4.74 Å². The zero-order valence-corrected chi connectivity index (χ0v) is 21.7. The molecule has 2 atom stereocenters. The lowest BCUT2D eigenvalue weighted by Crippen LogP contribution is -2.50. The first kappa shape index (κ1) is 24.7. The van der Waals surface area contributed by atoms with Crippen molar-refractivity contribution in [1.82, 2.24) is 0 Å². The summed E-state index contributed by atoms with van der Waals surface area (Å²) in [5, 5.41) is 9.47. The molecule has 1 aliphatic carbocycles. The average molecular weight is 493 g/mol. The van der Waals surface area contributed by atoms with Gasteiger partial charge in [0.05, 0.1) is 13.0 Å². The average Bonchev–Trinajstić information content (AvgIpc) is 2.88. The lowest BCUT2D eigenvalue weighted by atomic mass is 9.65. The fraction of sp³-hybridized carbons (Fsp3) is 0.281. The molecule has 5 rings (SSSR count). The topological polar surface area (TPSA) is 70.5 Å². The Balaban J connectivity index is 1.76. The third-order valence-corrected chi connectivity index (χ3v) is 7.45. The van der Waals surface area contributed by atoms with E-state index in [1.165, 1.54) is 0 Å². The highest BCUT2D eigenvalue weighted by Gasteiger charge is 2.50. The number of nitrogens with zero attached hydrogens (tertiary/aromatic N) is 1. The van der Waals surface area contributed by atoms with Crippen LogP contribution in [0.15, 0.2) is 90.1 Å². The maximum Gasteiger partial charge on any atom is 0.174 e. The van der Waals surface area contributed by atoms with E-state index < -0.39 is 11.8 Å². The standard InChI is InChI=1S/C32H32N2O3/c1-20-10-12-22(13-11-20)30(36)29-27(21-14-16-24(37-4)17-15-21)28-25(18-32(2,3)19-26(28)35)34(31(29)33)23-8-6-5-7-9-23/h5-17,27,29,33H,18-19H2,1-4H3. The summed E-state index contributed by atoms with van der Waals surface area (Å²) in [5.41, 5.74) is 4.45. The van der Waals surface area contributed by atoms with E-state index in [1.54, 1.807) is 7.11 Å². The number of hydrogen-bond acceptors (Lipinski definition) is 4. The molecule has 3 aromatic carbocycles. The number of ether oxygens (including phenoxy) is 1. The Morgan fingerprint density at radius 3 is 2.22 bits per heavy atom. The number of amidine groups is 1. The van der Waals surface area contributed by atoms with Gasteiger partial charge in [0.25, 0.3) is 0 Å². The number of anilines is 1. The van der Waals surface area contributed by atoms with E-state index in [-0.39, 0.29) is 22.8 Å². The van der Waals surface area contributed by atoms with E-state index in [0.717, 1.165) is 22.5 Å². The molecule has 0 saturated heterocycles. The third-order valence-electron chi connectivity index (χ3n) is 7.45. The monoisotopic (exact) mass is 492 g/mol. The second kappa shape index (κ2) is 9.47. The molecule has 0 spiro atoms. The number of allylic oxidation sites excluding steroid dienone is 2. The maximum absolute atomic E-state index is 14.2. The van der Waals surface area contributed by atoms with Gasteiger partial charge < -0.3 is 9.64 Å². The van der Waals surface area contributed by atoms with Crippen LogP contribution >= 0.6 is 0 Å². The number of methoxy groups -OCH3 is 1. The molecule has 0 aromatic heterocycles. The minimum atomic E-state index is -0.847. The Morgan fingerprint density at radius 1 is 0.946 bits per heavy atom. The largest absolute Gasteiger partial charge is 0.497 e. The van der Waals surface area contributed by atoms with Gasteiger partial charge in [0.2, 0.25) is 0 Å². The molecule has 3 aromatic rings. The lowest BCUT2D eigenvalue weighted by Gasteiger charge is -2.47. The first-order chi connectivity index (χ1) is 17.7. The normalized spacial score (nSPS) is 21.0. The molecule has 5 heteroatoms.